The van der Waals surface area contributed by atoms with Gasteiger partial charge in [0.2, 0.25) is 10.0 Å². The molecule has 1 saturated carbocycles. The fraction of sp³-hybridized carbons (Fsp3) is 0.316. The van der Waals surface area contributed by atoms with Gasteiger partial charge in [-0.25, -0.2) is 13.1 Å². The summed E-state index contributed by atoms with van der Waals surface area (Å²) in [6.07, 6.45) is 1.71. The van der Waals surface area contributed by atoms with Gasteiger partial charge < -0.3 is 10.2 Å². The van der Waals surface area contributed by atoms with Crippen LogP contribution in [0.4, 0.5) is 5.69 Å². The first-order chi connectivity index (χ1) is 12.8. The van der Waals surface area contributed by atoms with Crippen molar-refractivity contribution in [3.8, 4) is 0 Å². The smallest absolute Gasteiger partial charge is 0.252 e. The normalized spacial score (nSPS) is 14.0. The van der Waals surface area contributed by atoms with Crippen molar-refractivity contribution in [3.05, 3.63) is 58.1 Å². The SMILES string of the molecule is CN(C)c1ccc(CNC(=O)c2cc(S(=O)(=O)NC3CC3)ccc2Br)cc1. The zero-order valence-electron chi connectivity index (χ0n) is 15.2. The number of nitrogens with zero attached hydrogens (tertiary/aromatic N) is 1. The molecular weight excluding hydrogens is 430 g/mol. The number of rotatable bonds is 7. The molecule has 2 aromatic rings. The molecule has 1 aliphatic rings. The van der Waals surface area contributed by atoms with Crippen LogP contribution >= 0.6 is 15.9 Å². The Morgan fingerprint density at radius 2 is 1.81 bits per heavy atom. The molecule has 0 heterocycles. The Morgan fingerprint density at radius 3 is 2.41 bits per heavy atom. The third-order valence-corrected chi connectivity index (χ3v) is 6.51. The van der Waals surface area contributed by atoms with Crippen molar-refractivity contribution in [1.29, 1.82) is 0 Å². The lowest BCUT2D eigenvalue weighted by Crippen LogP contribution is -2.27. The van der Waals surface area contributed by atoms with Crippen molar-refractivity contribution in [2.45, 2.75) is 30.3 Å². The molecule has 0 radical (unpaired) electrons. The quantitative estimate of drug-likeness (QED) is 0.678. The van der Waals surface area contributed by atoms with E-state index >= 15 is 0 Å². The number of halogens is 1. The van der Waals surface area contributed by atoms with Crippen LogP contribution in [0.5, 0.6) is 0 Å². The molecule has 0 unspecified atom stereocenters. The van der Waals surface area contributed by atoms with Crippen LogP contribution in [0.2, 0.25) is 0 Å². The minimum atomic E-state index is -3.61. The van der Waals surface area contributed by atoms with Crippen molar-refractivity contribution in [3.63, 3.8) is 0 Å². The van der Waals surface area contributed by atoms with E-state index in [4.69, 9.17) is 0 Å². The molecule has 1 amide bonds. The predicted octanol–water partition coefficient (Wildman–Crippen LogP) is 2.89. The van der Waals surface area contributed by atoms with Crippen molar-refractivity contribution >= 4 is 37.5 Å². The van der Waals surface area contributed by atoms with Gasteiger partial charge in [-0.1, -0.05) is 12.1 Å². The Balaban J connectivity index is 1.71. The van der Waals surface area contributed by atoms with Crippen molar-refractivity contribution in [2.24, 2.45) is 0 Å². The van der Waals surface area contributed by atoms with Gasteiger partial charge in [0.15, 0.2) is 0 Å². The Kier molecular flexibility index (Phi) is 5.88. The van der Waals surface area contributed by atoms with Gasteiger partial charge in [0.25, 0.3) is 5.91 Å². The highest BCUT2D eigenvalue weighted by Gasteiger charge is 2.28. The largest absolute Gasteiger partial charge is 0.378 e. The number of anilines is 1. The molecule has 144 valence electrons. The van der Waals surface area contributed by atoms with E-state index in [0.29, 0.717) is 16.6 Å². The summed E-state index contributed by atoms with van der Waals surface area (Å²) < 4.78 is 27.9. The maximum absolute atomic E-state index is 12.6. The summed E-state index contributed by atoms with van der Waals surface area (Å²) in [5.41, 5.74) is 2.33. The second-order valence-electron chi connectivity index (χ2n) is 6.78. The molecule has 0 aliphatic heterocycles. The molecule has 27 heavy (non-hydrogen) atoms. The Bertz CT molecular complexity index is 939. The number of carbonyl (C=O) groups is 1. The van der Waals surface area contributed by atoms with Gasteiger partial charge in [-0.2, -0.15) is 0 Å². The molecule has 0 spiro atoms. The number of hydrogen-bond acceptors (Lipinski definition) is 4. The molecule has 0 atom stereocenters. The van der Waals surface area contributed by atoms with E-state index in [1.54, 1.807) is 6.07 Å². The summed E-state index contributed by atoms with van der Waals surface area (Å²) in [5, 5.41) is 2.84. The first kappa shape index (κ1) is 19.9. The topological polar surface area (TPSA) is 78.5 Å². The van der Waals surface area contributed by atoms with Crippen molar-refractivity contribution < 1.29 is 13.2 Å². The molecule has 1 fully saturated rings. The van der Waals surface area contributed by atoms with Crippen LogP contribution in [-0.2, 0) is 16.6 Å². The average molecular weight is 452 g/mol. The maximum atomic E-state index is 12.6. The Labute approximate surface area is 168 Å². The highest BCUT2D eigenvalue weighted by molar-refractivity contribution is 9.10. The van der Waals surface area contributed by atoms with Gasteiger partial charge in [0.05, 0.1) is 10.5 Å². The lowest BCUT2D eigenvalue weighted by molar-refractivity contribution is 0.0950. The second-order valence-corrected chi connectivity index (χ2v) is 9.35. The average Bonchev–Trinajstić information content (AvgIpc) is 3.43. The number of nitrogens with one attached hydrogen (secondary N) is 2. The van der Waals surface area contributed by atoms with Crippen LogP contribution in [0.1, 0.15) is 28.8 Å². The molecule has 1 aliphatic carbocycles. The number of amides is 1. The standard InChI is InChI=1S/C19H22BrN3O3S/c1-23(2)15-7-3-13(4-8-15)12-21-19(24)17-11-16(9-10-18(17)20)27(25,26)22-14-5-6-14/h3-4,7-11,14,22H,5-6,12H2,1-2H3,(H,21,24). The van der Waals surface area contributed by atoms with Gasteiger partial charge in [0.1, 0.15) is 0 Å². The first-order valence-corrected chi connectivity index (χ1v) is 10.9. The Morgan fingerprint density at radius 1 is 1.15 bits per heavy atom. The molecule has 6 nitrogen and oxygen atoms in total. The summed E-state index contributed by atoms with van der Waals surface area (Å²) in [5.74, 6) is -0.331. The van der Waals surface area contributed by atoms with Crippen LogP contribution < -0.4 is 14.9 Å². The molecule has 0 bridgehead atoms. The third-order valence-electron chi connectivity index (χ3n) is 4.30. The van der Waals surface area contributed by atoms with E-state index in [0.717, 1.165) is 24.1 Å². The van der Waals surface area contributed by atoms with Gasteiger partial charge in [0, 0.05) is 36.8 Å². The number of hydrogen-bond donors (Lipinski definition) is 2. The summed E-state index contributed by atoms with van der Waals surface area (Å²) in [6, 6.07) is 12.4. The predicted molar refractivity (Wildman–Crippen MR) is 109 cm³/mol. The summed E-state index contributed by atoms with van der Waals surface area (Å²) in [7, 11) is 0.326. The van der Waals surface area contributed by atoms with Crippen molar-refractivity contribution in [1.82, 2.24) is 10.0 Å². The van der Waals surface area contributed by atoms with Gasteiger partial charge in [-0.3, -0.25) is 4.79 Å². The molecule has 2 N–H and O–H groups in total. The summed E-state index contributed by atoms with van der Waals surface area (Å²) >= 11 is 3.33. The molecule has 3 rings (SSSR count). The van der Waals surface area contributed by atoms with E-state index < -0.39 is 10.0 Å². The Hall–Kier alpha value is -1.90. The van der Waals surface area contributed by atoms with Crippen molar-refractivity contribution in [2.75, 3.05) is 19.0 Å². The lowest BCUT2D eigenvalue weighted by atomic mass is 10.1. The van der Waals surface area contributed by atoms with Gasteiger partial charge >= 0.3 is 0 Å². The van der Waals surface area contributed by atoms with Gasteiger partial charge in [-0.05, 0) is 64.7 Å². The van der Waals surface area contributed by atoms with Crippen LogP contribution in [-0.4, -0.2) is 34.5 Å². The number of sulfonamides is 1. The molecule has 0 saturated heterocycles. The first-order valence-electron chi connectivity index (χ1n) is 8.62. The van der Waals surface area contributed by atoms with E-state index in [2.05, 4.69) is 26.0 Å². The molecule has 2 aromatic carbocycles. The van der Waals surface area contributed by atoms with E-state index in [-0.39, 0.29) is 16.8 Å². The minimum Gasteiger partial charge on any atom is -0.378 e. The van der Waals surface area contributed by atoms with E-state index in [1.807, 2.05) is 43.3 Å². The third kappa shape index (κ3) is 5.09. The second kappa shape index (κ2) is 8.00. The summed E-state index contributed by atoms with van der Waals surface area (Å²) in [6.45, 7) is 0.357. The zero-order valence-corrected chi connectivity index (χ0v) is 17.6. The number of benzene rings is 2. The minimum absolute atomic E-state index is 0.0149. The number of carbonyl (C=O) groups excluding carboxylic acids is 1. The van der Waals surface area contributed by atoms with E-state index in [1.165, 1.54) is 12.1 Å². The molecule has 0 aromatic heterocycles. The summed E-state index contributed by atoms with van der Waals surface area (Å²) in [4.78, 5) is 14.7. The monoisotopic (exact) mass is 451 g/mol. The molecular formula is C19H22BrN3O3S. The fourth-order valence-corrected chi connectivity index (χ4v) is 4.28. The highest BCUT2D eigenvalue weighted by Crippen LogP contribution is 2.25. The van der Waals surface area contributed by atoms with Crippen LogP contribution in [0.25, 0.3) is 0 Å². The van der Waals surface area contributed by atoms with Crippen LogP contribution in [0, 0.1) is 0 Å². The van der Waals surface area contributed by atoms with Gasteiger partial charge in [-0.15, -0.1) is 0 Å². The maximum Gasteiger partial charge on any atom is 0.252 e. The van der Waals surface area contributed by atoms with E-state index in [9.17, 15) is 13.2 Å². The lowest BCUT2D eigenvalue weighted by Gasteiger charge is -2.13. The van der Waals surface area contributed by atoms with Crippen LogP contribution in [0.3, 0.4) is 0 Å². The highest BCUT2D eigenvalue weighted by atomic mass is 79.9. The zero-order chi connectivity index (χ0) is 19.6. The van der Waals surface area contributed by atoms with Crippen LogP contribution in [0.15, 0.2) is 51.8 Å². The fourth-order valence-electron chi connectivity index (χ4n) is 2.52. The molecule has 8 heteroatoms.